The highest BCUT2D eigenvalue weighted by atomic mass is 79.9. The van der Waals surface area contributed by atoms with Crippen molar-refractivity contribution < 1.29 is 4.79 Å². The zero-order chi connectivity index (χ0) is 13.1. The Kier molecular flexibility index (Phi) is 4.91. The van der Waals surface area contributed by atoms with Gasteiger partial charge in [0.05, 0.1) is 11.2 Å². The first kappa shape index (κ1) is 14.4. The summed E-state index contributed by atoms with van der Waals surface area (Å²) < 4.78 is 0.743. The number of amides is 1. The third-order valence-electron chi connectivity index (χ3n) is 2.77. The van der Waals surface area contributed by atoms with E-state index in [1.165, 1.54) is 0 Å². The molecule has 0 aromatic carbocycles. The van der Waals surface area contributed by atoms with Crippen molar-refractivity contribution >= 4 is 39.1 Å². The molecule has 0 spiro atoms. The minimum Gasteiger partial charge on any atom is -0.322 e. The number of hydrogen-bond acceptors (Lipinski definition) is 3. The molecule has 1 heterocycles. The van der Waals surface area contributed by atoms with E-state index in [-0.39, 0.29) is 11.1 Å². The Labute approximate surface area is 114 Å². The molecule has 0 aliphatic carbocycles. The number of carbonyl (C=O) groups is 1. The third-order valence-corrected chi connectivity index (χ3v) is 3.50. The predicted octanol–water partition coefficient (Wildman–Crippen LogP) is 2.95. The van der Waals surface area contributed by atoms with Crippen LogP contribution in [0.15, 0.2) is 16.7 Å². The zero-order valence-corrected chi connectivity index (χ0v) is 12.1. The third kappa shape index (κ3) is 3.40. The lowest BCUT2D eigenvalue weighted by Gasteiger charge is -2.25. The van der Waals surface area contributed by atoms with E-state index >= 15 is 0 Å². The van der Waals surface area contributed by atoms with Gasteiger partial charge >= 0.3 is 0 Å². The second-order valence-corrected chi connectivity index (χ2v) is 5.08. The summed E-state index contributed by atoms with van der Waals surface area (Å²) in [5, 5.41) is 2.95. The number of pyridine rings is 1. The standard InChI is InChI=1S/C11H15BrClN3O/c1-3-11(14,4-2)10(17)16-8-5-7(12)6-15-9(8)13/h5-6H,3-4,14H2,1-2H3,(H,16,17). The largest absolute Gasteiger partial charge is 0.322 e. The van der Waals surface area contributed by atoms with Crippen molar-refractivity contribution in [3.63, 3.8) is 0 Å². The van der Waals surface area contributed by atoms with E-state index < -0.39 is 5.54 Å². The van der Waals surface area contributed by atoms with E-state index in [0.29, 0.717) is 18.5 Å². The van der Waals surface area contributed by atoms with Crippen LogP contribution in [0.2, 0.25) is 5.15 Å². The van der Waals surface area contributed by atoms with Gasteiger partial charge < -0.3 is 11.1 Å². The number of hydrogen-bond donors (Lipinski definition) is 2. The van der Waals surface area contributed by atoms with Crippen LogP contribution in [0, 0.1) is 0 Å². The van der Waals surface area contributed by atoms with E-state index in [2.05, 4.69) is 26.2 Å². The molecule has 0 fully saturated rings. The molecule has 1 rings (SSSR count). The van der Waals surface area contributed by atoms with E-state index in [4.69, 9.17) is 17.3 Å². The van der Waals surface area contributed by atoms with E-state index in [9.17, 15) is 4.79 Å². The van der Waals surface area contributed by atoms with Crippen molar-refractivity contribution in [3.05, 3.63) is 21.9 Å². The molecule has 0 saturated carbocycles. The Morgan fingerprint density at radius 1 is 1.59 bits per heavy atom. The second-order valence-electron chi connectivity index (χ2n) is 3.81. The summed E-state index contributed by atoms with van der Waals surface area (Å²) in [6.07, 6.45) is 2.69. The van der Waals surface area contributed by atoms with Gasteiger partial charge in [-0.3, -0.25) is 4.79 Å². The van der Waals surface area contributed by atoms with Crippen LogP contribution in [0.3, 0.4) is 0 Å². The van der Waals surface area contributed by atoms with Crippen molar-refractivity contribution in [3.8, 4) is 0 Å². The highest BCUT2D eigenvalue weighted by molar-refractivity contribution is 9.10. The van der Waals surface area contributed by atoms with Crippen LogP contribution < -0.4 is 11.1 Å². The van der Waals surface area contributed by atoms with Crippen molar-refractivity contribution in [1.29, 1.82) is 0 Å². The maximum Gasteiger partial charge on any atom is 0.244 e. The summed E-state index contributed by atoms with van der Waals surface area (Å²) >= 11 is 9.16. The summed E-state index contributed by atoms with van der Waals surface area (Å²) in [4.78, 5) is 16.0. The fourth-order valence-electron chi connectivity index (χ4n) is 1.33. The van der Waals surface area contributed by atoms with Crippen LogP contribution in [0.5, 0.6) is 0 Å². The minimum atomic E-state index is -0.869. The molecule has 1 aromatic heterocycles. The van der Waals surface area contributed by atoms with Gasteiger partial charge in [-0.15, -0.1) is 0 Å². The van der Waals surface area contributed by atoms with Gasteiger partial charge in [0.25, 0.3) is 0 Å². The van der Waals surface area contributed by atoms with Gasteiger partial charge in [0, 0.05) is 10.7 Å². The molecule has 0 bridgehead atoms. The summed E-state index contributed by atoms with van der Waals surface area (Å²) in [7, 11) is 0. The Hall–Kier alpha value is -0.650. The van der Waals surface area contributed by atoms with Gasteiger partial charge in [0.1, 0.15) is 0 Å². The second kappa shape index (κ2) is 5.80. The van der Waals surface area contributed by atoms with Crippen LogP contribution in [-0.2, 0) is 4.79 Å². The number of rotatable bonds is 4. The molecule has 17 heavy (non-hydrogen) atoms. The molecule has 94 valence electrons. The van der Waals surface area contributed by atoms with Crippen molar-refractivity contribution in [2.24, 2.45) is 5.73 Å². The number of aromatic nitrogens is 1. The minimum absolute atomic E-state index is 0.246. The number of anilines is 1. The number of carbonyl (C=O) groups excluding carboxylic acids is 1. The normalized spacial score (nSPS) is 11.4. The van der Waals surface area contributed by atoms with Gasteiger partial charge in [-0.1, -0.05) is 25.4 Å². The lowest BCUT2D eigenvalue weighted by atomic mass is 9.93. The average Bonchev–Trinajstić information content (AvgIpc) is 2.32. The first-order valence-electron chi connectivity index (χ1n) is 5.34. The molecular formula is C11H15BrClN3O. The highest BCUT2D eigenvalue weighted by Crippen LogP contribution is 2.24. The Balaban J connectivity index is 2.91. The number of nitrogens with two attached hydrogens (primary N) is 1. The van der Waals surface area contributed by atoms with Crippen LogP contribution in [-0.4, -0.2) is 16.4 Å². The SMILES string of the molecule is CCC(N)(CC)C(=O)Nc1cc(Br)cnc1Cl. The predicted molar refractivity (Wildman–Crippen MR) is 73.1 cm³/mol. The van der Waals surface area contributed by atoms with E-state index in [1.54, 1.807) is 12.3 Å². The molecule has 0 aliphatic rings. The summed E-state index contributed by atoms with van der Waals surface area (Å²) in [5.41, 5.74) is 5.58. The average molecular weight is 321 g/mol. The van der Waals surface area contributed by atoms with Gasteiger partial charge in [0.15, 0.2) is 5.15 Å². The maximum atomic E-state index is 12.0. The molecule has 0 aliphatic heterocycles. The lowest BCUT2D eigenvalue weighted by molar-refractivity contribution is -0.121. The zero-order valence-electron chi connectivity index (χ0n) is 9.76. The Morgan fingerprint density at radius 3 is 2.71 bits per heavy atom. The molecule has 4 nitrogen and oxygen atoms in total. The van der Waals surface area contributed by atoms with Crippen LogP contribution in [0.1, 0.15) is 26.7 Å². The Bertz CT molecular complexity index is 421. The highest BCUT2D eigenvalue weighted by Gasteiger charge is 2.30. The molecule has 0 saturated heterocycles. The van der Waals surface area contributed by atoms with Crippen LogP contribution >= 0.6 is 27.5 Å². The quantitative estimate of drug-likeness (QED) is 0.838. The van der Waals surface area contributed by atoms with E-state index in [1.807, 2.05) is 13.8 Å². The first-order chi connectivity index (χ1) is 7.92. The summed E-state index contributed by atoms with van der Waals surface area (Å²) in [5.74, 6) is -0.246. The lowest BCUT2D eigenvalue weighted by Crippen LogP contribution is -2.50. The molecule has 0 radical (unpaired) electrons. The molecule has 1 amide bonds. The summed E-state index contributed by atoms with van der Waals surface area (Å²) in [6.45, 7) is 3.76. The van der Waals surface area contributed by atoms with Gasteiger partial charge in [-0.25, -0.2) is 4.98 Å². The van der Waals surface area contributed by atoms with Crippen molar-refractivity contribution in [2.45, 2.75) is 32.2 Å². The first-order valence-corrected chi connectivity index (χ1v) is 6.51. The molecule has 0 atom stereocenters. The number of halogens is 2. The molecule has 3 N–H and O–H groups in total. The van der Waals surface area contributed by atoms with Crippen molar-refractivity contribution in [2.75, 3.05) is 5.32 Å². The molecule has 0 unspecified atom stereocenters. The van der Waals surface area contributed by atoms with Crippen LogP contribution in [0.4, 0.5) is 5.69 Å². The fraction of sp³-hybridized carbons (Fsp3) is 0.455. The number of nitrogens with zero attached hydrogens (tertiary/aromatic N) is 1. The molecule has 1 aromatic rings. The molecular weight excluding hydrogens is 305 g/mol. The monoisotopic (exact) mass is 319 g/mol. The van der Waals surface area contributed by atoms with Gasteiger partial charge in [-0.2, -0.15) is 0 Å². The van der Waals surface area contributed by atoms with E-state index in [0.717, 1.165) is 4.47 Å². The summed E-state index contributed by atoms with van der Waals surface area (Å²) in [6, 6.07) is 1.69. The fourth-order valence-corrected chi connectivity index (χ4v) is 1.81. The maximum absolute atomic E-state index is 12.0. The topological polar surface area (TPSA) is 68.0 Å². The number of nitrogens with one attached hydrogen (secondary N) is 1. The smallest absolute Gasteiger partial charge is 0.244 e. The van der Waals surface area contributed by atoms with Crippen LogP contribution in [0.25, 0.3) is 0 Å². The van der Waals surface area contributed by atoms with Crippen molar-refractivity contribution in [1.82, 2.24) is 4.98 Å². The molecule has 6 heteroatoms. The Morgan fingerprint density at radius 2 is 2.18 bits per heavy atom. The van der Waals surface area contributed by atoms with Gasteiger partial charge in [-0.05, 0) is 34.8 Å². The van der Waals surface area contributed by atoms with Gasteiger partial charge in [0.2, 0.25) is 5.91 Å².